The zero-order valence-corrected chi connectivity index (χ0v) is 15.8. The summed E-state index contributed by atoms with van der Waals surface area (Å²) in [5.41, 5.74) is 0.0715. The molecule has 1 aliphatic rings. The average Bonchev–Trinajstić information content (AvgIpc) is 3.30. The Balaban J connectivity index is 1.71. The van der Waals surface area contributed by atoms with Crippen LogP contribution in [0.5, 0.6) is 0 Å². The van der Waals surface area contributed by atoms with Crippen LogP contribution < -0.4 is 10.2 Å². The van der Waals surface area contributed by atoms with Crippen molar-refractivity contribution in [1.29, 1.82) is 0 Å². The Morgan fingerprint density at radius 2 is 2.04 bits per heavy atom. The van der Waals surface area contributed by atoms with Gasteiger partial charge in [0.2, 0.25) is 11.8 Å². The number of thiophene rings is 1. The molecule has 2 heterocycles. The molecule has 0 aliphatic carbocycles. The summed E-state index contributed by atoms with van der Waals surface area (Å²) >= 11 is 1.39. The van der Waals surface area contributed by atoms with E-state index in [1.807, 2.05) is 5.38 Å². The highest BCUT2D eigenvalue weighted by Crippen LogP contribution is 2.28. The van der Waals surface area contributed by atoms with Crippen molar-refractivity contribution in [3.63, 3.8) is 0 Å². The molecule has 1 aromatic heterocycles. The van der Waals surface area contributed by atoms with Crippen molar-refractivity contribution < 1.29 is 27.9 Å². The number of carbonyl (C=O) groups is 3. The van der Waals surface area contributed by atoms with E-state index in [9.17, 15) is 23.2 Å². The van der Waals surface area contributed by atoms with Gasteiger partial charge >= 0.3 is 5.97 Å². The minimum absolute atomic E-state index is 0.00292. The molecule has 9 heteroatoms. The maximum atomic E-state index is 13.4. The van der Waals surface area contributed by atoms with E-state index in [1.54, 1.807) is 12.1 Å². The second kappa shape index (κ2) is 8.47. The largest absolute Gasteiger partial charge is 0.469 e. The molecule has 6 nitrogen and oxygen atoms in total. The normalized spacial score (nSPS) is 17.5. The number of nitrogens with zero attached hydrogens (tertiary/aromatic N) is 1. The van der Waals surface area contributed by atoms with Gasteiger partial charge in [0.05, 0.1) is 25.5 Å². The van der Waals surface area contributed by atoms with E-state index in [0.717, 1.165) is 17.0 Å². The molecule has 0 saturated carbocycles. The van der Waals surface area contributed by atoms with Gasteiger partial charge in [-0.2, -0.15) is 0 Å². The first-order valence-corrected chi connectivity index (χ1v) is 9.42. The average molecular weight is 408 g/mol. The Bertz CT molecular complexity index is 868. The van der Waals surface area contributed by atoms with E-state index in [4.69, 9.17) is 0 Å². The number of ether oxygens (including phenoxy) is 1. The fourth-order valence-electron chi connectivity index (χ4n) is 3.08. The Kier molecular flexibility index (Phi) is 6.03. The lowest BCUT2D eigenvalue weighted by Gasteiger charge is -2.20. The maximum absolute atomic E-state index is 13.4. The number of hydrogen-bond acceptors (Lipinski definition) is 5. The third kappa shape index (κ3) is 4.53. The van der Waals surface area contributed by atoms with Crippen molar-refractivity contribution in [3.8, 4) is 0 Å². The molecule has 1 N–H and O–H groups in total. The smallest absolute Gasteiger partial charge is 0.307 e. The summed E-state index contributed by atoms with van der Waals surface area (Å²) < 4.78 is 31.6. The molecule has 2 atom stereocenters. The lowest BCUT2D eigenvalue weighted by Crippen LogP contribution is -2.36. The van der Waals surface area contributed by atoms with Crippen LogP contribution in [-0.4, -0.2) is 31.4 Å². The van der Waals surface area contributed by atoms with Crippen molar-refractivity contribution in [2.75, 3.05) is 18.6 Å². The Morgan fingerprint density at radius 1 is 1.32 bits per heavy atom. The topological polar surface area (TPSA) is 75.7 Å². The highest BCUT2D eigenvalue weighted by molar-refractivity contribution is 7.10. The fraction of sp³-hybridized carbons (Fsp3) is 0.316. The number of carbonyl (C=O) groups excluding carboxylic acids is 3. The monoisotopic (exact) mass is 408 g/mol. The van der Waals surface area contributed by atoms with Gasteiger partial charge in [-0.15, -0.1) is 11.3 Å². The summed E-state index contributed by atoms with van der Waals surface area (Å²) in [5.74, 6) is -3.57. The Morgan fingerprint density at radius 3 is 2.64 bits per heavy atom. The minimum Gasteiger partial charge on any atom is -0.469 e. The molecule has 1 aliphatic heterocycles. The van der Waals surface area contributed by atoms with Gasteiger partial charge in [0.15, 0.2) is 0 Å². The molecule has 2 aromatic rings. The Hall–Kier alpha value is -2.81. The number of methoxy groups -OCH3 is 1. The highest BCUT2D eigenvalue weighted by Gasteiger charge is 2.36. The van der Waals surface area contributed by atoms with Gasteiger partial charge in [-0.1, -0.05) is 6.07 Å². The lowest BCUT2D eigenvalue weighted by molar-refractivity contribution is -0.141. The van der Waals surface area contributed by atoms with Crippen molar-refractivity contribution in [1.82, 2.24) is 5.32 Å². The van der Waals surface area contributed by atoms with Crippen molar-refractivity contribution in [3.05, 3.63) is 52.2 Å². The fourth-order valence-corrected chi connectivity index (χ4v) is 3.86. The zero-order chi connectivity index (χ0) is 20.3. The minimum atomic E-state index is -0.800. The summed E-state index contributed by atoms with van der Waals surface area (Å²) in [6, 6.07) is 5.83. The second-order valence-electron chi connectivity index (χ2n) is 6.39. The number of halogens is 2. The molecule has 0 radical (unpaired) electrons. The molecule has 3 rings (SSSR count). The van der Waals surface area contributed by atoms with E-state index in [2.05, 4.69) is 10.1 Å². The molecule has 2 unspecified atom stereocenters. The quantitative estimate of drug-likeness (QED) is 0.746. The van der Waals surface area contributed by atoms with Gasteiger partial charge in [0.1, 0.15) is 11.6 Å². The number of nitrogens with one attached hydrogen (secondary N) is 1. The van der Waals surface area contributed by atoms with Crippen LogP contribution >= 0.6 is 11.3 Å². The standard InChI is InChI=1S/C19H18F2N2O4S/c1-27-18(25)9-15(16-3-2-4-28-16)22-19(26)11-5-17(24)23(10-11)14-7-12(20)6-13(21)8-14/h2-4,6-8,11,15H,5,9-10H2,1H3,(H,22,26). The molecule has 148 valence electrons. The summed E-state index contributed by atoms with van der Waals surface area (Å²) in [5, 5.41) is 4.61. The van der Waals surface area contributed by atoms with Crippen LogP contribution in [0.15, 0.2) is 35.7 Å². The second-order valence-corrected chi connectivity index (χ2v) is 7.37. The van der Waals surface area contributed by atoms with Crippen LogP contribution in [0.25, 0.3) is 0 Å². The summed E-state index contributed by atoms with van der Waals surface area (Å²) in [6.07, 6.45) is -0.123. The number of anilines is 1. The molecule has 28 heavy (non-hydrogen) atoms. The predicted octanol–water partition coefficient (Wildman–Crippen LogP) is 2.80. The van der Waals surface area contributed by atoms with Crippen LogP contribution in [0.4, 0.5) is 14.5 Å². The molecule has 0 bridgehead atoms. The van der Waals surface area contributed by atoms with Crippen LogP contribution in [0.2, 0.25) is 0 Å². The first-order chi connectivity index (χ1) is 13.4. The number of hydrogen-bond donors (Lipinski definition) is 1. The molecule has 1 saturated heterocycles. The van der Waals surface area contributed by atoms with Gasteiger partial charge in [0, 0.05) is 29.6 Å². The van der Waals surface area contributed by atoms with Crippen LogP contribution in [-0.2, 0) is 19.1 Å². The first-order valence-electron chi connectivity index (χ1n) is 8.54. The summed E-state index contributed by atoms with van der Waals surface area (Å²) in [7, 11) is 1.27. The van der Waals surface area contributed by atoms with Gasteiger partial charge in [0.25, 0.3) is 0 Å². The van der Waals surface area contributed by atoms with Crippen LogP contribution in [0, 0.1) is 17.6 Å². The number of esters is 1. The lowest BCUT2D eigenvalue weighted by atomic mass is 10.1. The molecule has 1 fully saturated rings. The first kappa shape index (κ1) is 19.9. The van der Waals surface area contributed by atoms with E-state index in [-0.39, 0.29) is 25.1 Å². The van der Waals surface area contributed by atoms with Crippen LogP contribution in [0.1, 0.15) is 23.8 Å². The summed E-state index contributed by atoms with van der Waals surface area (Å²) in [6.45, 7) is 0.00292. The van der Waals surface area contributed by atoms with E-state index in [0.29, 0.717) is 6.07 Å². The van der Waals surface area contributed by atoms with Gasteiger partial charge in [-0.3, -0.25) is 14.4 Å². The van der Waals surface area contributed by atoms with Gasteiger partial charge in [-0.05, 0) is 23.6 Å². The molecule has 1 aromatic carbocycles. The summed E-state index contributed by atoms with van der Waals surface area (Å²) in [4.78, 5) is 38.6. The van der Waals surface area contributed by atoms with Crippen LogP contribution in [0.3, 0.4) is 0 Å². The SMILES string of the molecule is COC(=O)CC(NC(=O)C1CC(=O)N(c2cc(F)cc(F)c2)C1)c1cccs1. The zero-order valence-electron chi connectivity index (χ0n) is 15.0. The third-order valence-corrected chi connectivity index (χ3v) is 5.44. The Labute approximate surface area is 164 Å². The van der Waals surface area contributed by atoms with Crippen molar-refractivity contribution >= 4 is 34.8 Å². The van der Waals surface area contributed by atoms with E-state index >= 15 is 0 Å². The predicted molar refractivity (Wildman–Crippen MR) is 98.7 cm³/mol. The maximum Gasteiger partial charge on any atom is 0.307 e. The molecular formula is C19H18F2N2O4S. The third-order valence-electron chi connectivity index (χ3n) is 4.46. The van der Waals surface area contributed by atoms with Gasteiger partial charge in [-0.25, -0.2) is 8.78 Å². The number of rotatable bonds is 6. The van der Waals surface area contributed by atoms with Crippen molar-refractivity contribution in [2.24, 2.45) is 5.92 Å². The highest BCUT2D eigenvalue weighted by atomic mass is 32.1. The van der Waals surface area contributed by atoms with Crippen molar-refractivity contribution in [2.45, 2.75) is 18.9 Å². The number of amides is 2. The van der Waals surface area contributed by atoms with E-state index in [1.165, 1.54) is 23.3 Å². The molecule has 0 spiro atoms. The number of benzene rings is 1. The van der Waals surface area contributed by atoms with Gasteiger partial charge < -0.3 is 15.0 Å². The molecule has 2 amide bonds. The molecular weight excluding hydrogens is 390 g/mol. The van der Waals surface area contributed by atoms with E-state index < -0.39 is 41.4 Å².